The molecule has 1 aromatic heterocycles. The summed E-state index contributed by atoms with van der Waals surface area (Å²) in [7, 11) is 0. The maximum Gasteiger partial charge on any atom is 0.276 e. The summed E-state index contributed by atoms with van der Waals surface area (Å²) in [6.45, 7) is 9.95. The monoisotopic (exact) mass is 379 g/mol. The molecule has 3 aliphatic rings. The van der Waals surface area contributed by atoms with Crippen molar-refractivity contribution < 1.29 is 9.21 Å². The van der Waals surface area contributed by atoms with Crippen molar-refractivity contribution in [3.8, 4) is 0 Å². The fraction of sp³-hybridized carbons (Fsp3) is 0.478. The van der Waals surface area contributed by atoms with E-state index in [2.05, 4.69) is 61.0 Å². The Hall–Kier alpha value is -2.40. The maximum atomic E-state index is 13.3. The van der Waals surface area contributed by atoms with Crippen LogP contribution >= 0.6 is 0 Å². The van der Waals surface area contributed by atoms with Crippen LogP contribution in [0.4, 0.5) is 0 Å². The fourth-order valence-electron chi connectivity index (χ4n) is 4.24. The summed E-state index contributed by atoms with van der Waals surface area (Å²) in [4.78, 5) is 22.3. The second kappa shape index (κ2) is 7.92. The highest BCUT2D eigenvalue weighted by Gasteiger charge is 2.42. The molecule has 4 rings (SSSR count). The zero-order valence-electron chi connectivity index (χ0n) is 17.0. The Bertz CT molecular complexity index is 857. The van der Waals surface area contributed by atoms with Gasteiger partial charge in [-0.25, -0.2) is 4.98 Å². The number of hydrogen-bond donors (Lipinski definition) is 0. The zero-order valence-corrected chi connectivity index (χ0v) is 17.0. The van der Waals surface area contributed by atoms with Gasteiger partial charge in [0, 0.05) is 13.1 Å². The largest absolute Gasteiger partial charge is 0.443 e. The van der Waals surface area contributed by atoms with Crippen LogP contribution in [0.5, 0.6) is 0 Å². The molecule has 28 heavy (non-hydrogen) atoms. The van der Waals surface area contributed by atoms with E-state index < -0.39 is 0 Å². The normalized spacial score (nSPS) is 25.9. The maximum absolute atomic E-state index is 13.3. The quantitative estimate of drug-likeness (QED) is 0.748. The fourth-order valence-corrected chi connectivity index (χ4v) is 4.24. The smallest absolute Gasteiger partial charge is 0.276 e. The molecule has 3 atom stereocenters. The summed E-state index contributed by atoms with van der Waals surface area (Å²) in [6, 6.07) is 0.00500. The van der Waals surface area contributed by atoms with Crippen LogP contribution in [0.2, 0.25) is 0 Å². The van der Waals surface area contributed by atoms with Gasteiger partial charge in [-0.15, -0.1) is 0 Å². The van der Waals surface area contributed by atoms with E-state index in [9.17, 15) is 4.79 Å². The van der Waals surface area contributed by atoms with Gasteiger partial charge in [0.1, 0.15) is 5.76 Å². The van der Waals surface area contributed by atoms with Gasteiger partial charge in [-0.1, -0.05) is 62.0 Å². The van der Waals surface area contributed by atoms with Crippen LogP contribution in [0.1, 0.15) is 61.2 Å². The molecule has 0 bridgehead atoms. The van der Waals surface area contributed by atoms with Crippen molar-refractivity contribution in [2.45, 2.75) is 45.1 Å². The van der Waals surface area contributed by atoms with E-state index in [0.717, 1.165) is 31.8 Å². The molecule has 1 aliphatic heterocycles. The van der Waals surface area contributed by atoms with Crippen molar-refractivity contribution in [2.24, 2.45) is 0 Å². The summed E-state index contributed by atoms with van der Waals surface area (Å²) in [6.07, 6.45) is 15.6. The van der Waals surface area contributed by atoms with E-state index in [1.54, 1.807) is 0 Å². The Morgan fingerprint density at radius 3 is 2.71 bits per heavy atom. The van der Waals surface area contributed by atoms with E-state index in [4.69, 9.17) is 4.42 Å². The lowest BCUT2D eigenvalue weighted by Crippen LogP contribution is -2.49. The first-order chi connectivity index (χ1) is 13.6. The first-order valence-electron chi connectivity index (χ1n) is 10.4. The molecule has 3 unspecified atom stereocenters. The van der Waals surface area contributed by atoms with Crippen molar-refractivity contribution in [1.29, 1.82) is 0 Å². The number of carbonyl (C=O) groups is 1. The molecule has 1 amide bonds. The van der Waals surface area contributed by atoms with Crippen LogP contribution in [-0.2, 0) is 0 Å². The number of aromatic nitrogens is 1. The number of oxazole rings is 1. The first-order valence-corrected chi connectivity index (χ1v) is 10.4. The lowest BCUT2D eigenvalue weighted by molar-refractivity contribution is 0.0633. The summed E-state index contributed by atoms with van der Waals surface area (Å²) in [5.41, 5.74) is 1.75. The molecule has 5 nitrogen and oxygen atoms in total. The Kier molecular flexibility index (Phi) is 5.36. The minimum atomic E-state index is -0.00938. The second-order valence-corrected chi connectivity index (χ2v) is 7.73. The van der Waals surface area contributed by atoms with Gasteiger partial charge in [0.05, 0.1) is 17.9 Å². The highest BCUT2D eigenvalue weighted by Crippen LogP contribution is 2.39. The van der Waals surface area contributed by atoms with Crippen molar-refractivity contribution in [2.75, 3.05) is 26.2 Å². The molecule has 0 saturated carbocycles. The molecular formula is C23H29N3O2. The number of carbonyl (C=O) groups excluding carboxylic acids is 1. The van der Waals surface area contributed by atoms with E-state index in [-0.39, 0.29) is 23.8 Å². The molecule has 1 aromatic rings. The van der Waals surface area contributed by atoms with Gasteiger partial charge < -0.3 is 14.2 Å². The van der Waals surface area contributed by atoms with E-state index in [1.165, 1.54) is 5.57 Å². The van der Waals surface area contributed by atoms with Gasteiger partial charge >= 0.3 is 0 Å². The predicted molar refractivity (Wildman–Crippen MR) is 110 cm³/mol. The number of fused-ring (bicyclic) bond motifs is 3. The van der Waals surface area contributed by atoms with Crippen molar-refractivity contribution in [3.63, 3.8) is 0 Å². The minimum absolute atomic E-state index is 0.00500. The average Bonchev–Trinajstić information content (AvgIpc) is 3.17. The molecule has 148 valence electrons. The van der Waals surface area contributed by atoms with Crippen molar-refractivity contribution >= 4 is 5.91 Å². The van der Waals surface area contributed by atoms with Crippen molar-refractivity contribution in [1.82, 2.24) is 14.8 Å². The summed E-state index contributed by atoms with van der Waals surface area (Å²) >= 11 is 0. The highest BCUT2D eigenvalue weighted by atomic mass is 16.4. The van der Waals surface area contributed by atoms with Gasteiger partial charge in [-0.05, 0) is 26.4 Å². The standard InChI is InChI=1S/C23H29N3O2/c1-4-25(5-2)14-15-26-19-9-7-6-8-18(19)21-20(23(26)27)24-22(28-21)17-12-10-16(3)11-13-17/h6-12,17-19H,4-5,13-15H2,1-3H3. The molecule has 2 heterocycles. The third kappa shape index (κ3) is 3.39. The molecule has 0 radical (unpaired) electrons. The molecule has 0 N–H and O–H groups in total. The summed E-state index contributed by atoms with van der Waals surface area (Å²) < 4.78 is 6.20. The second-order valence-electron chi connectivity index (χ2n) is 7.73. The Balaban J connectivity index is 1.63. The number of amides is 1. The summed E-state index contributed by atoms with van der Waals surface area (Å²) in [5, 5.41) is 0. The van der Waals surface area contributed by atoms with Crippen LogP contribution in [0.25, 0.3) is 0 Å². The Morgan fingerprint density at radius 1 is 1.21 bits per heavy atom. The third-order valence-corrected chi connectivity index (χ3v) is 6.06. The van der Waals surface area contributed by atoms with E-state index >= 15 is 0 Å². The molecule has 5 heteroatoms. The van der Waals surface area contributed by atoms with Gasteiger partial charge in [0.2, 0.25) is 5.89 Å². The van der Waals surface area contributed by atoms with E-state index in [0.29, 0.717) is 18.1 Å². The van der Waals surface area contributed by atoms with Crippen molar-refractivity contribution in [3.05, 3.63) is 65.5 Å². The molecule has 2 aliphatic carbocycles. The Morgan fingerprint density at radius 2 is 2.00 bits per heavy atom. The summed E-state index contributed by atoms with van der Waals surface area (Å²) in [5.74, 6) is 1.52. The van der Waals surface area contributed by atoms with Crippen LogP contribution in [0, 0.1) is 0 Å². The molecule has 0 fully saturated rings. The van der Waals surface area contributed by atoms with Crippen LogP contribution in [0.15, 0.2) is 52.5 Å². The molecular weight excluding hydrogens is 350 g/mol. The van der Waals surface area contributed by atoms with Gasteiger partial charge in [-0.3, -0.25) is 4.79 Å². The molecule has 0 saturated heterocycles. The first kappa shape index (κ1) is 18.9. The number of hydrogen-bond acceptors (Lipinski definition) is 4. The van der Waals surface area contributed by atoms with Crippen LogP contribution < -0.4 is 0 Å². The lowest BCUT2D eigenvalue weighted by Gasteiger charge is -2.38. The zero-order chi connectivity index (χ0) is 19.7. The lowest BCUT2D eigenvalue weighted by atomic mass is 9.87. The number of rotatable bonds is 6. The number of allylic oxidation sites excluding steroid dienone is 6. The molecule has 0 spiro atoms. The predicted octanol–water partition coefficient (Wildman–Crippen LogP) is 4.04. The topological polar surface area (TPSA) is 49.6 Å². The van der Waals surface area contributed by atoms with Gasteiger partial charge in [0.25, 0.3) is 5.91 Å². The van der Waals surface area contributed by atoms with Gasteiger partial charge in [-0.2, -0.15) is 0 Å². The minimum Gasteiger partial charge on any atom is -0.443 e. The van der Waals surface area contributed by atoms with Gasteiger partial charge in [0.15, 0.2) is 5.69 Å². The average molecular weight is 380 g/mol. The van der Waals surface area contributed by atoms with Crippen LogP contribution in [-0.4, -0.2) is 52.9 Å². The number of likely N-dealkylation sites (N-methyl/N-ethyl adjacent to an activating group) is 1. The third-order valence-electron chi connectivity index (χ3n) is 6.06. The van der Waals surface area contributed by atoms with E-state index in [1.807, 2.05) is 17.1 Å². The van der Waals surface area contributed by atoms with Crippen LogP contribution in [0.3, 0.4) is 0 Å². The Labute approximate surface area is 167 Å². The number of nitrogens with zero attached hydrogens (tertiary/aromatic N) is 3. The molecule has 0 aromatic carbocycles. The SMILES string of the molecule is CCN(CC)CCN1C(=O)c2nc(C3C=CC(C)=CC3)oc2C2C=CC=CC21. The highest BCUT2D eigenvalue weighted by molar-refractivity contribution is 5.95.